The van der Waals surface area contributed by atoms with Gasteiger partial charge in [0.15, 0.2) is 0 Å². The molecule has 0 aromatic heterocycles. The van der Waals surface area contributed by atoms with Crippen LogP contribution in [0, 0.1) is 0 Å². The van der Waals surface area contributed by atoms with Gasteiger partial charge in [-0.1, -0.05) is 6.92 Å². The van der Waals surface area contributed by atoms with Crippen molar-refractivity contribution in [2.75, 3.05) is 6.61 Å². The lowest BCUT2D eigenvalue weighted by atomic mass is 9.76. The SMILES string of the molecule is CCCOC(=O)c1ccc(C(F)(F)F)cc1B(O)O. The molecule has 0 unspecified atom stereocenters. The van der Waals surface area contributed by atoms with Crippen LogP contribution in [-0.4, -0.2) is 29.7 Å². The van der Waals surface area contributed by atoms with E-state index in [9.17, 15) is 18.0 Å². The second kappa shape index (κ2) is 6.07. The van der Waals surface area contributed by atoms with E-state index in [0.717, 1.165) is 6.07 Å². The van der Waals surface area contributed by atoms with Crippen LogP contribution in [0.1, 0.15) is 29.3 Å². The number of ether oxygens (including phenoxy) is 1. The Hall–Kier alpha value is -1.54. The first-order valence-corrected chi connectivity index (χ1v) is 5.51. The Labute approximate surface area is 108 Å². The van der Waals surface area contributed by atoms with Gasteiger partial charge in [0.05, 0.1) is 17.7 Å². The van der Waals surface area contributed by atoms with Crippen LogP contribution in [0.5, 0.6) is 0 Å². The second-order valence-electron chi connectivity index (χ2n) is 3.81. The van der Waals surface area contributed by atoms with Crippen LogP contribution in [0.25, 0.3) is 0 Å². The van der Waals surface area contributed by atoms with Gasteiger partial charge in [0.1, 0.15) is 0 Å². The summed E-state index contributed by atoms with van der Waals surface area (Å²) in [6.07, 6.45) is -4.08. The molecule has 0 saturated heterocycles. The summed E-state index contributed by atoms with van der Waals surface area (Å²) in [5, 5.41) is 18.1. The maximum absolute atomic E-state index is 12.5. The Morgan fingerprint density at radius 2 is 2.00 bits per heavy atom. The fourth-order valence-electron chi connectivity index (χ4n) is 1.41. The lowest BCUT2D eigenvalue weighted by Gasteiger charge is -2.12. The summed E-state index contributed by atoms with van der Waals surface area (Å²) in [5.74, 6) is -0.890. The van der Waals surface area contributed by atoms with E-state index in [4.69, 9.17) is 14.8 Å². The second-order valence-corrected chi connectivity index (χ2v) is 3.81. The molecule has 0 fully saturated rings. The van der Waals surface area contributed by atoms with Crippen molar-refractivity contribution in [3.05, 3.63) is 29.3 Å². The van der Waals surface area contributed by atoms with E-state index in [1.165, 1.54) is 0 Å². The van der Waals surface area contributed by atoms with Crippen molar-refractivity contribution in [2.45, 2.75) is 19.5 Å². The van der Waals surface area contributed by atoms with E-state index in [1.807, 2.05) is 0 Å². The normalized spacial score (nSPS) is 11.3. The highest BCUT2D eigenvalue weighted by atomic mass is 19.4. The van der Waals surface area contributed by atoms with E-state index in [1.54, 1.807) is 6.92 Å². The zero-order valence-corrected chi connectivity index (χ0v) is 10.1. The van der Waals surface area contributed by atoms with Crippen molar-refractivity contribution >= 4 is 18.6 Å². The van der Waals surface area contributed by atoms with Gasteiger partial charge in [-0.05, 0) is 30.1 Å². The highest BCUT2D eigenvalue weighted by Gasteiger charge is 2.33. The number of halogens is 3. The topological polar surface area (TPSA) is 66.8 Å². The van der Waals surface area contributed by atoms with Crippen LogP contribution in [0.4, 0.5) is 13.2 Å². The molecule has 0 bridgehead atoms. The lowest BCUT2D eigenvalue weighted by molar-refractivity contribution is -0.137. The molecule has 2 N–H and O–H groups in total. The van der Waals surface area contributed by atoms with Gasteiger partial charge in [-0.15, -0.1) is 0 Å². The highest BCUT2D eigenvalue weighted by molar-refractivity contribution is 6.60. The van der Waals surface area contributed by atoms with E-state index in [-0.39, 0.29) is 12.2 Å². The molecule has 0 aliphatic heterocycles. The molecule has 19 heavy (non-hydrogen) atoms. The van der Waals surface area contributed by atoms with Gasteiger partial charge in [0.2, 0.25) is 0 Å². The molecule has 104 valence electrons. The largest absolute Gasteiger partial charge is 0.489 e. The van der Waals surface area contributed by atoms with Gasteiger partial charge in [-0.2, -0.15) is 13.2 Å². The van der Waals surface area contributed by atoms with Crippen molar-refractivity contribution in [1.29, 1.82) is 0 Å². The molecule has 0 radical (unpaired) electrons. The molecule has 0 amide bonds. The Balaban J connectivity index is 3.15. The number of benzene rings is 1. The molecule has 0 saturated carbocycles. The van der Waals surface area contributed by atoms with Gasteiger partial charge in [-0.3, -0.25) is 0 Å². The fraction of sp³-hybridized carbons (Fsp3) is 0.364. The minimum Gasteiger partial charge on any atom is -0.462 e. The molecular formula is C11H12BF3O4. The Kier molecular flexibility index (Phi) is 4.96. The van der Waals surface area contributed by atoms with Crippen LogP contribution < -0.4 is 5.46 Å². The van der Waals surface area contributed by atoms with Crippen LogP contribution in [-0.2, 0) is 10.9 Å². The number of carbonyl (C=O) groups is 1. The molecular weight excluding hydrogens is 264 g/mol. The average Bonchev–Trinajstić information content (AvgIpc) is 2.34. The van der Waals surface area contributed by atoms with Gasteiger partial charge in [0.25, 0.3) is 0 Å². The van der Waals surface area contributed by atoms with E-state index in [2.05, 4.69) is 0 Å². The molecule has 8 heteroatoms. The Morgan fingerprint density at radius 3 is 2.47 bits per heavy atom. The summed E-state index contributed by atoms with van der Waals surface area (Å²) in [6, 6.07) is 2.08. The molecule has 1 aromatic rings. The van der Waals surface area contributed by atoms with Crippen molar-refractivity contribution in [3.63, 3.8) is 0 Å². The Bertz CT molecular complexity index is 460. The summed E-state index contributed by atoms with van der Waals surface area (Å²) in [6.45, 7) is 1.85. The predicted molar refractivity (Wildman–Crippen MR) is 61.8 cm³/mol. The number of hydrogen-bond acceptors (Lipinski definition) is 4. The minimum absolute atomic E-state index is 0.0980. The van der Waals surface area contributed by atoms with Gasteiger partial charge in [-0.25, -0.2) is 4.79 Å². The molecule has 1 aromatic carbocycles. The van der Waals surface area contributed by atoms with E-state index < -0.39 is 30.3 Å². The van der Waals surface area contributed by atoms with Crippen LogP contribution in [0.3, 0.4) is 0 Å². The van der Waals surface area contributed by atoms with Gasteiger partial charge < -0.3 is 14.8 Å². The molecule has 0 spiro atoms. The third-order valence-corrected chi connectivity index (χ3v) is 2.31. The van der Waals surface area contributed by atoms with E-state index >= 15 is 0 Å². The third kappa shape index (κ3) is 3.97. The summed E-state index contributed by atoms with van der Waals surface area (Å²) in [5.41, 5.74) is -1.89. The van der Waals surface area contributed by atoms with Crippen LogP contribution in [0.15, 0.2) is 18.2 Å². The minimum atomic E-state index is -4.63. The van der Waals surface area contributed by atoms with Crippen LogP contribution >= 0.6 is 0 Å². The van der Waals surface area contributed by atoms with Gasteiger partial charge in [0, 0.05) is 0 Å². The van der Waals surface area contributed by atoms with Crippen molar-refractivity contribution < 1.29 is 32.8 Å². The number of alkyl halides is 3. The molecule has 0 aliphatic carbocycles. The standard InChI is InChI=1S/C11H12BF3O4/c1-2-5-19-10(16)8-4-3-7(11(13,14)15)6-9(8)12(17)18/h3-4,6,17-18H,2,5H2,1H3. The summed E-state index contributed by atoms with van der Waals surface area (Å²) < 4.78 is 42.2. The van der Waals surface area contributed by atoms with Crippen molar-refractivity contribution in [3.8, 4) is 0 Å². The fourth-order valence-corrected chi connectivity index (χ4v) is 1.41. The molecule has 4 nitrogen and oxygen atoms in total. The number of carbonyl (C=O) groups excluding carboxylic acids is 1. The third-order valence-electron chi connectivity index (χ3n) is 2.31. The maximum atomic E-state index is 12.5. The first kappa shape index (κ1) is 15.5. The molecule has 0 atom stereocenters. The summed E-state index contributed by atoms with van der Waals surface area (Å²) >= 11 is 0. The number of hydrogen-bond donors (Lipinski definition) is 2. The number of rotatable bonds is 4. The lowest BCUT2D eigenvalue weighted by Crippen LogP contribution is -2.36. The van der Waals surface area contributed by atoms with E-state index in [0.29, 0.717) is 18.6 Å². The monoisotopic (exact) mass is 276 g/mol. The van der Waals surface area contributed by atoms with Crippen molar-refractivity contribution in [2.24, 2.45) is 0 Å². The summed E-state index contributed by atoms with van der Waals surface area (Å²) in [7, 11) is -2.19. The highest BCUT2D eigenvalue weighted by Crippen LogP contribution is 2.28. The smallest absolute Gasteiger partial charge is 0.462 e. The zero-order valence-electron chi connectivity index (χ0n) is 10.1. The van der Waals surface area contributed by atoms with Crippen LogP contribution in [0.2, 0.25) is 0 Å². The first-order valence-electron chi connectivity index (χ1n) is 5.51. The zero-order chi connectivity index (χ0) is 14.6. The Morgan fingerprint density at radius 1 is 1.37 bits per heavy atom. The van der Waals surface area contributed by atoms with Gasteiger partial charge >= 0.3 is 19.3 Å². The average molecular weight is 276 g/mol. The summed E-state index contributed by atoms with van der Waals surface area (Å²) in [4.78, 5) is 11.6. The number of esters is 1. The first-order chi connectivity index (χ1) is 8.77. The molecule has 0 aliphatic rings. The molecule has 0 heterocycles. The maximum Gasteiger partial charge on any atom is 0.489 e. The molecule has 1 rings (SSSR count). The van der Waals surface area contributed by atoms with Crippen molar-refractivity contribution in [1.82, 2.24) is 0 Å². The predicted octanol–water partition coefficient (Wildman–Crippen LogP) is 0.952. The quantitative estimate of drug-likeness (QED) is 0.634.